The van der Waals surface area contributed by atoms with Crippen LogP contribution >= 0.6 is 0 Å². The van der Waals surface area contributed by atoms with Crippen molar-refractivity contribution < 1.29 is 43.1 Å². The summed E-state index contributed by atoms with van der Waals surface area (Å²) in [4.78, 5) is 26.9. The highest BCUT2D eigenvalue weighted by Gasteiger charge is 2.79. The number of ether oxygens (including phenoxy) is 6. The van der Waals surface area contributed by atoms with E-state index < -0.39 is 46.7 Å². The highest BCUT2D eigenvalue weighted by atomic mass is 16.9. The lowest BCUT2D eigenvalue weighted by atomic mass is 9.55. The summed E-state index contributed by atoms with van der Waals surface area (Å²) in [5, 5.41) is 12.4. The number of carbonyl (C=O) groups excluding carboxylic acids is 2. The van der Waals surface area contributed by atoms with Crippen molar-refractivity contribution in [3.05, 3.63) is 95.1 Å². The van der Waals surface area contributed by atoms with E-state index in [1.165, 1.54) is 7.11 Å². The van der Waals surface area contributed by atoms with E-state index in [2.05, 4.69) is 13.5 Å². The van der Waals surface area contributed by atoms with E-state index >= 15 is 0 Å². The minimum atomic E-state index is -1.79. The van der Waals surface area contributed by atoms with Gasteiger partial charge in [-0.3, -0.25) is 9.59 Å². The molecule has 9 heteroatoms. The number of hydrogen-bond donors (Lipinski definition) is 1. The summed E-state index contributed by atoms with van der Waals surface area (Å²) in [6.07, 6.45) is 4.27. The Morgan fingerprint density at radius 3 is 2.49 bits per heavy atom. The lowest BCUT2D eigenvalue weighted by Crippen LogP contribution is -2.70. The van der Waals surface area contributed by atoms with Gasteiger partial charge in [0.25, 0.3) is 5.97 Å². The van der Waals surface area contributed by atoms with Crippen LogP contribution in [-0.2, 0) is 41.4 Å². The Labute approximate surface area is 275 Å². The van der Waals surface area contributed by atoms with Crippen molar-refractivity contribution in [2.45, 2.75) is 75.3 Å². The van der Waals surface area contributed by atoms with Crippen LogP contribution in [0, 0.1) is 17.8 Å². The summed E-state index contributed by atoms with van der Waals surface area (Å²) in [6, 6.07) is 15.1. The Balaban J connectivity index is 1.25. The van der Waals surface area contributed by atoms with Crippen molar-refractivity contribution in [1.82, 2.24) is 0 Å². The lowest BCUT2D eigenvalue weighted by Gasteiger charge is -2.59. The van der Waals surface area contributed by atoms with E-state index in [-0.39, 0.29) is 31.1 Å². The quantitative estimate of drug-likeness (QED) is 0.297. The van der Waals surface area contributed by atoms with Crippen LogP contribution in [0.15, 0.2) is 84.0 Å². The number of esters is 1. The smallest absolute Gasteiger partial charge is 0.310 e. The minimum absolute atomic E-state index is 0.00163. The molecule has 1 N–H and O–H groups in total. The maximum absolute atomic E-state index is 13.8. The number of methoxy groups -OCH3 is 2. The van der Waals surface area contributed by atoms with E-state index in [0.29, 0.717) is 41.1 Å². The molecule has 2 heterocycles. The third-order valence-corrected chi connectivity index (χ3v) is 10.9. The van der Waals surface area contributed by atoms with E-state index in [0.717, 1.165) is 11.1 Å². The molecule has 0 aromatic heterocycles. The summed E-state index contributed by atoms with van der Waals surface area (Å²) < 4.78 is 37.4. The van der Waals surface area contributed by atoms with Crippen LogP contribution < -0.4 is 9.47 Å². The molecule has 3 bridgehead atoms. The molecule has 2 aromatic rings. The van der Waals surface area contributed by atoms with Gasteiger partial charge in [0.2, 0.25) is 0 Å². The number of ketones is 1. The zero-order valence-corrected chi connectivity index (χ0v) is 27.5. The lowest BCUT2D eigenvalue weighted by molar-refractivity contribution is -0.421. The molecule has 0 radical (unpaired) electrons. The monoisotopic (exact) mass is 642 g/mol. The Kier molecular flexibility index (Phi) is 7.55. The molecule has 0 amide bonds. The second kappa shape index (κ2) is 11.2. The van der Waals surface area contributed by atoms with Gasteiger partial charge >= 0.3 is 5.97 Å². The zero-order valence-electron chi connectivity index (χ0n) is 27.5. The van der Waals surface area contributed by atoms with Gasteiger partial charge in [-0.25, -0.2) is 0 Å². The van der Waals surface area contributed by atoms with Crippen LogP contribution in [0.25, 0.3) is 0 Å². The predicted octanol–water partition coefficient (Wildman–Crippen LogP) is 5.05. The SMILES string of the molecule is C=C(C)[C@@]12C[C@@H](C)C34OC(Cc5ccccc5)(OC1[C@@H]3C=C(COC(=O)Cc1ccc(OC)c(OC)c1)C[C@]1(O)C(=O)C(C)=C[C@@H]41)O2. The molecule has 0 spiro atoms. The molecule has 2 saturated heterocycles. The molecule has 47 heavy (non-hydrogen) atoms. The number of fused-ring (bicyclic) bond motifs is 2. The first-order chi connectivity index (χ1) is 22.4. The van der Waals surface area contributed by atoms with Gasteiger partial charge in [0.15, 0.2) is 17.3 Å². The van der Waals surface area contributed by atoms with Gasteiger partial charge in [0, 0.05) is 18.3 Å². The van der Waals surface area contributed by atoms with Crippen LogP contribution in [-0.4, -0.2) is 66.6 Å². The largest absolute Gasteiger partial charge is 0.493 e. The third kappa shape index (κ3) is 4.73. The van der Waals surface area contributed by atoms with Crippen molar-refractivity contribution in [1.29, 1.82) is 0 Å². The summed E-state index contributed by atoms with van der Waals surface area (Å²) in [5.41, 5.74) is -0.0661. The number of aliphatic hydroxyl groups is 1. The van der Waals surface area contributed by atoms with Crippen LogP contribution in [0.1, 0.15) is 44.7 Å². The van der Waals surface area contributed by atoms with Crippen LogP contribution in [0.3, 0.4) is 0 Å². The molecule has 9 nitrogen and oxygen atoms in total. The van der Waals surface area contributed by atoms with Gasteiger partial charge in [0.1, 0.15) is 23.9 Å². The Morgan fingerprint density at radius 1 is 1.04 bits per heavy atom. The third-order valence-electron chi connectivity index (χ3n) is 10.9. The summed E-state index contributed by atoms with van der Waals surface area (Å²) in [6.45, 7) is 10.1. The number of Topliss-reactive ketones (excluding diaryl/α,β-unsaturated/α-hetero) is 1. The molecule has 3 fully saturated rings. The Hall–Kier alpha value is -3.76. The van der Waals surface area contributed by atoms with Gasteiger partial charge in [-0.1, -0.05) is 62.1 Å². The van der Waals surface area contributed by atoms with E-state index in [4.69, 9.17) is 28.4 Å². The van der Waals surface area contributed by atoms with Crippen molar-refractivity contribution in [2.24, 2.45) is 17.8 Å². The number of rotatable bonds is 9. The van der Waals surface area contributed by atoms with Crippen LogP contribution in [0.2, 0.25) is 0 Å². The molecule has 1 saturated carbocycles. The minimum Gasteiger partial charge on any atom is -0.493 e. The maximum Gasteiger partial charge on any atom is 0.310 e. The highest BCUT2D eigenvalue weighted by molar-refractivity contribution is 6.04. The molecule has 248 valence electrons. The molecule has 7 rings (SSSR count). The first-order valence-electron chi connectivity index (χ1n) is 16.2. The second-order valence-corrected chi connectivity index (χ2v) is 13.9. The molecule has 3 aliphatic carbocycles. The fourth-order valence-corrected chi connectivity index (χ4v) is 8.87. The maximum atomic E-state index is 13.8. The molecular weight excluding hydrogens is 600 g/mol. The zero-order chi connectivity index (χ0) is 33.4. The number of carbonyl (C=O) groups is 2. The molecule has 3 unspecified atom stereocenters. The van der Waals surface area contributed by atoms with E-state index in [1.807, 2.05) is 49.4 Å². The van der Waals surface area contributed by atoms with Crippen molar-refractivity contribution in [2.75, 3.05) is 20.8 Å². The summed E-state index contributed by atoms with van der Waals surface area (Å²) >= 11 is 0. The second-order valence-electron chi connectivity index (χ2n) is 13.9. The topological polar surface area (TPSA) is 110 Å². The molecule has 2 aliphatic heterocycles. The fraction of sp³-hybridized carbons (Fsp3) is 0.474. The summed E-state index contributed by atoms with van der Waals surface area (Å²) in [7, 11) is 3.09. The van der Waals surface area contributed by atoms with Crippen molar-refractivity contribution in [3.8, 4) is 11.5 Å². The normalized spacial score (nSPS) is 36.5. The Morgan fingerprint density at radius 2 is 1.79 bits per heavy atom. The van der Waals surface area contributed by atoms with Gasteiger partial charge in [-0.2, -0.15) is 0 Å². The standard InChI is InChI=1S/C38H42O9/c1-22(2)36-18-24(4)38-28(34(36)45-37(46-36,47-38)20-25-10-8-7-9-11-25)15-27(19-35(41)31(38)14-23(3)33(35)40)21-44-32(39)17-26-12-13-29(42-5)30(16-26)43-6/h7-16,24,28,31,34,41H,1,17-21H2,2-6H3/t24-,28+,31-,34?,35-,36+,37?,38?/m1/s1. The van der Waals surface area contributed by atoms with Gasteiger partial charge in [-0.15, -0.1) is 0 Å². The van der Waals surface area contributed by atoms with Crippen LogP contribution in [0.4, 0.5) is 0 Å². The number of benzene rings is 2. The van der Waals surface area contributed by atoms with E-state index in [9.17, 15) is 14.7 Å². The van der Waals surface area contributed by atoms with Gasteiger partial charge in [0.05, 0.1) is 32.7 Å². The molecule has 5 aliphatic rings. The fourth-order valence-electron chi connectivity index (χ4n) is 8.87. The molecule has 2 aromatic carbocycles. The van der Waals surface area contributed by atoms with Gasteiger partial charge in [-0.05, 0) is 66.2 Å². The first-order valence-corrected chi connectivity index (χ1v) is 16.2. The van der Waals surface area contributed by atoms with Crippen molar-refractivity contribution in [3.63, 3.8) is 0 Å². The van der Waals surface area contributed by atoms with Gasteiger partial charge < -0.3 is 33.5 Å². The number of hydrogen-bond acceptors (Lipinski definition) is 9. The summed E-state index contributed by atoms with van der Waals surface area (Å²) in [5.74, 6) is -2.42. The van der Waals surface area contributed by atoms with E-state index in [1.54, 1.807) is 32.2 Å². The Bertz CT molecular complexity index is 1700. The molecule has 8 atom stereocenters. The molecular formula is C38H42O9. The van der Waals surface area contributed by atoms with Crippen molar-refractivity contribution >= 4 is 11.8 Å². The predicted molar refractivity (Wildman–Crippen MR) is 172 cm³/mol. The van der Waals surface area contributed by atoms with Crippen LogP contribution in [0.5, 0.6) is 11.5 Å². The average Bonchev–Trinajstić information content (AvgIpc) is 3.35. The average molecular weight is 643 g/mol. The first kappa shape index (κ1) is 31.8. The highest BCUT2D eigenvalue weighted by Crippen LogP contribution is 2.68.